The van der Waals surface area contributed by atoms with Gasteiger partial charge in [0.15, 0.2) is 5.11 Å². The van der Waals surface area contributed by atoms with Crippen molar-refractivity contribution in [2.45, 2.75) is 12.1 Å². The molecule has 8 heteroatoms. The second-order valence-corrected chi connectivity index (χ2v) is 8.89. The van der Waals surface area contributed by atoms with Crippen LogP contribution in [0.3, 0.4) is 0 Å². The Morgan fingerprint density at radius 1 is 0.971 bits per heavy atom. The van der Waals surface area contributed by atoms with Gasteiger partial charge in [-0.05, 0) is 66.8 Å². The maximum absolute atomic E-state index is 6.61. The molecule has 2 aromatic carbocycles. The molecule has 1 aliphatic rings. The zero-order chi connectivity index (χ0) is 24.2. The van der Waals surface area contributed by atoms with Crippen LogP contribution in [0.25, 0.3) is 5.69 Å². The summed E-state index contributed by atoms with van der Waals surface area (Å²) in [5.74, 6) is 0.607. The summed E-state index contributed by atoms with van der Waals surface area (Å²) >= 11 is 12.5. The molecule has 35 heavy (non-hydrogen) atoms. The van der Waals surface area contributed by atoms with Gasteiger partial charge < -0.3 is 24.3 Å². The molecule has 2 aromatic heterocycles. The number of nitrogens with zero attached hydrogens (tertiary/aromatic N) is 3. The molecule has 0 unspecified atom stereocenters. The third-order valence-corrected chi connectivity index (χ3v) is 6.56. The van der Waals surface area contributed by atoms with Gasteiger partial charge in [0, 0.05) is 36.6 Å². The summed E-state index contributed by atoms with van der Waals surface area (Å²) < 4.78 is 13.0. The Labute approximate surface area is 215 Å². The Balaban J connectivity index is 1.58. The second-order valence-electron chi connectivity index (χ2n) is 8.09. The van der Waals surface area contributed by atoms with Gasteiger partial charge in [-0.2, -0.15) is 0 Å². The second kappa shape index (κ2) is 10.5. The maximum Gasteiger partial charge on any atom is 0.174 e. The van der Waals surface area contributed by atoms with Crippen LogP contribution in [0.4, 0.5) is 5.69 Å². The minimum atomic E-state index is -0.163. The van der Waals surface area contributed by atoms with Gasteiger partial charge in [0.1, 0.15) is 18.4 Å². The van der Waals surface area contributed by atoms with E-state index in [-0.39, 0.29) is 12.1 Å². The zero-order valence-corrected chi connectivity index (χ0v) is 20.7. The van der Waals surface area contributed by atoms with E-state index in [4.69, 9.17) is 33.3 Å². The number of hydrogen-bond donors (Lipinski definition) is 1. The van der Waals surface area contributed by atoms with Crippen LogP contribution in [0, 0.1) is 0 Å². The van der Waals surface area contributed by atoms with Gasteiger partial charge >= 0.3 is 0 Å². The number of benzene rings is 2. The van der Waals surface area contributed by atoms with Crippen molar-refractivity contribution in [2.75, 3.05) is 25.2 Å². The molecule has 1 aliphatic heterocycles. The maximum atomic E-state index is 6.61. The lowest BCUT2D eigenvalue weighted by Gasteiger charge is -2.29. The molecule has 5 rings (SSSR count). The minimum absolute atomic E-state index is 0.155. The van der Waals surface area contributed by atoms with E-state index in [1.165, 1.54) is 0 Å². The third-order valence-electron chi connectivity index (χ3n) is 5.95. The van der Waals surface area contributed by atoms with Crippen LogP contribution in [0.1, 0.15) is 23.5 Å². The smallest absolute Gasteiger partial charge is 0.174 e. The van der Waals surface area contributed by atoms with Crippen molar-refractivity contribution in [3.05, 3.63) is 108 Å². The summed E-state index contributed by atoms with van der Waals surface area (Å²) in [6.45, 7) is 0.913. The molecule has 1 saturated heterocycles. The molecule has 0 saturated carbocycles. The van der Waals surface area contributed by atoms with Crippen LogP contribution in [0.5, 0.6) is 5.75 Å². The number of ether oxygens (including phenoxy) is 2. The Morgan fingerprint density at radius 2 is 1.80 bits per heavy atom. The third kappa shape index (κ3) is 4.75. The van der Waals surface area contributed by atoms with Gasteiger partial charge in [0.25, 0.3) is 0 Å². The summed E-state index contributed by atoms with van der Waals surface area (Å²) in [4.78, 5) is 6.75. The number of anilines is 1. The molecule has 1 N–H and O–H groups in total. The Morgan fingerprint density at radius 3 is 2.54 bits per heavy atom. The number of para-hydroxylation sites is 1. The number of nitrogens with one attached hydrogen (secondary N) is 1. The van der Waals surface area contributed by atoms with E-state index < -0.39 is 0 Å². The van der Waals surface area contributed by atoms with Crippen molar-refractivity contribution >= 4 is 34.6 Å². The molecule has 2 atom stereocenters. The number of pyridine rings is 1. The summed E-state index contributed by atoms with van der Waals surface area (Å²) in [5, 5.41) is 4.62. The van der Waals surface area contributed by atoms with Crippen LogP contribution in [-0.4, -0.2) is 35.0 Å². The molecule has 0 radical (unpaired) electrons. The molecular weight excluding hydrogens is 480 g/mol. The largest absolute Gasteiger partial charge is 0.490 e. The highest BCUT2D eigenvalue weighted by Crippen LogP contribution is 2.43. The average molecular weight is 505 g/mol. The van der Waals surface area contributed by atoms with E-state index in [1.807, 2.05) is 54.6 Å². The minimum Gasteiger partial charge on any atom is -0.490 e. The van der Waals surface area contributed by atoms with Gasteiger partial charge in [-0.1, -0.05) is 35.9 Å². The van der Waals surface area contributed by atoms with Gasteiger partial charge in [-0.3, -0.25) is 4.98 Å². The molecular formula is C27H25ClN4O2S. The van der Waals surface area contributed by atoms with Crippen molar-refractivity contribution in [1.29, 1.82) is 0 Å². The molecule has 6 nitrogen and oxygen atoms in total. The summed E-state index contributed by atoms with van der Waals surface area (Å²) in [7, 11) is 1.64. The molecule has 0 bridgehead atoms. The first-order valence-corrected chi connectivity index (χ1v) is 12.1. The molecule has 178 valence electrons. The predicted octanol–water partition coefficient (Wildman–Crippen LogP) is 5.73. The van der Waals surface area contributed by atoms with Crippen LogP contribution in [0.2, 0.25) is 5.02 Å². The Hall–Kier alpha value is -3.39. The first-order chi connectivity index (χ1) is 17.2. The fraction of sp³-hybridized carbons (Fsp3) is 0.185. The number of halogens is 1. The Kier molecular flexibility index (Phi) is 6.99. The van der Waals surface area contributed by atoms with Crippen molar-refractivity contribution in [1.82, 2.24) is 14.9 Å². The lowest BCUT2D eigenvalue weighted by atomic mass is 10.0. The average Bonchev–Trinajstić information content (AvgIpc) is 3.50. The summed E-state index contributed by atoms with van der Waals surface area (Å²) in [5.41, 5.74) is 3.94. The lowest BCUT2D eigenvalue weighted by Crippen LogP contribution is -2.30. The standard InChI is InChI=1S/C27H25ClN4O2S/c1-33-16-17-34-24-13-12-20(18-21(24)28)32-26(25(30-27(32)35)22-10-5-6-14-29-22)23-11-7-15-31(23)19-8-3-2-4-9-19/h2-15,18,25-26H,16-17H2,1H3,(H,30,35)/t25-,26-/m1/s1. The van der Waals surface area contributed by atoms with Crippen molar-refractivity contribution in [2.24, 2.45) is 0 Å². The molecule has 0 spiro atoms. The summed E-state index contributed by atoms with van der Waals surface area (Å²) in [6, 6.07) is 25.8. The highest BCUT2D eigenvalue weighted by molar-refractivity contribution is 7.80. The fourth-order valence-corrected chi connectivity index (χ4v) is 4.96. The topological polar surface area (TPSA) is 51.6 Å². The van der Waals surface area contributed by atoms with E-state index in [0.717, 1.165) is 22.8 Å². The van der Waals surface area contributed by atoms with E-state index in [1.54, 1.807) is 13.3 Å². The van der Waals surface area contributed by atoms with Crippen molar-refractivity contribution < 1.29 is 9.47 Å². The number of aromatic nitrogens is 2. The molecule has 1 fully saturated rings. The molecule has 4 aromatic rings. The number of methoxy groups -OCH3 is 1. The highest BCUT2D eigenvalue weighted by atomic mass is 35.5. The lowest BCUT2D eigenvalue weighted by molar-refractivity contribution is 0.146. The van der Waals surface area contributed by atoms with Crippen LogP contribution in [-0.2, 0) is 4.74 Å². The monoisotopic (exact) mass is 504 g/mol. The van der Waals surface area contributed by atoms with Crippen LogP contribution >= 0.6 is 23.8 Å². The normalized spacial score (nSPS) is 17.4. The summed E-state index contributed by atoms with van der Waals surface area (Å²) in [6.07, 6.45) is 3.87. The SMILES string of the molecule is COCCOc1ccc(N2C(=S)N[C@H](c3ccccn3)[C@H]2c2cccn2-c2ccccc2)cc1Cl. The first-order valence-electron chi connectivity index (χ1n) is 11.3. The number of rotatable bonds is 8. The van der Waals surface area contributed by atoms with E-state index in [2.05, 4.69) is 50.2 Å². The van der Waals surface area contributed by atoms with Crippen molar-refractivity contribution in [3.63, 3.8) is 0 Å². The predicted molar refractivity (Wildman–Crippen MR) is 143 cm³/mol. The zero-order valence-electron chi connectivity index (χ0n) is 19.2. The van der Waals surface area contributed by atoms with Gasteiger partial charge in [-0.25, -0.2) is 0 Å². The van der Waals surface area contributed by atoms with Gasteiger partial charge in [-0.15, -0.1) is 0 Å². The molecule has 3 heterocycles. The fourth-order valence-electron chi connectivity index (χ4n) is 4.38. The quantitative estimate of drug-likeness (QED) is 0.244. The van der Waals surface area contributed by atoms with Crippen LogP contribution in [0.15, 0.2) is 91.3 Å². The van der Waals surface area contributed by atoms with E-state index in [0.29, 0.717) is 29.1 Å². The number of thiocarbonyl (C=S) groups is 1. The van der Waals surface area contributed by atoms with Crippen LogP contribution < -0.4 is 15.0 Å². The molecule has 0 aliphatic carbocycles. The van der Waals surface area contributed by atoms with E-state index >= 15 is 0 Å². The van der Waals surface area contributed by atoms with E-state index in [9.17, 15) is 0 Å². The Bertz CT molecular complexity index is 1300. The van der Waals surface area contributed by atoms with Crippen molar-refractivity contribution in [3.8, 4) is 11.4 Å². The number of hydrogen-bond acceptors (Lipinski definition) is 4. The first kappa shape index (κ1) is 23.4. The van der Waals surface area contributed by atoms with Gasteiger partial charge in [0.05, 0.1) is 23.4 Å². The van der Waals surface area contributed by atoms with Gasteiger partial charge in [0.2, 0.25) is 0 Å². The highest BCUT2D eigenvalue weighted by Gasteiger charge is 2.42. The molecule has 0 amide bonds.